The van der Waals surface area contributed by atoms with E-state index in [0.717, 1.165) is 0 Å². The summed E-state index contributed by atoms with van der Waals surface area (Å²) in [5.41, 5.74) is 0.116. The largest absolute Gasteiger partial charge is 0.478 e. The normalized spacial score (nSPS) is 12.2. The highest BCUT2D eigenvalue weighted by atomic mass is 16.5. The van der Waals surface area contributed by atoms with Crippen molar-refractivity contribution in [2.45, 2.75) is 26.5 Å². The van der Waals surface area contributed by atoms with Crippen molar-refractivity contribution in [2.75, 3.05) is 14.2 Å². The number of methoxy groups -OCH3 is 1. The molecule has 1 aromatic rings. The summed E-state index contributed by atoms with van der Waals surface area (Å²) in [6, 6.07) is 1.43. The van der Waals surface area contributed by atoms with Crippen molar-refractivity contribution in [3.63, 3.8) is 0 Å². The van der Waals surface area contributed by atoms with Crippen LogP contribution < -0.4 is 0 Å². The number of carbonyl (C=O) groups is 2. The zero-order valence-corrected chi connectivity index (χ0v) is 10.9. The van der Waals surface area contributed by atoms with Crippen LogP contribution in [0.1, 0.15) is 28.8 Å². The van der Waals surface area contributed by atoms with E-state index >= 15 is 0 Å². The number of carboxylic acid groups (broad SMARTS) is 1. The van der Waals surface area contributed by atoms with Gasteiger partial charge in [-0.2, -0.15) is 0 Å². The fourth-order valence-electron chi connectivity index (χ4n) is 1.56. The average molecular weight is 255 g/mol. The quantitative estimate of drug-likeness (QED) is 0.857. The second kappa shape index (κ2) is 5.68. The minimum absolute atomic E-state index is 0.116. The predicted molar refractivity (Wildman–Crippen MR) is 63.3 cm³/mol. The van der Waals surface area contributed by atoms with Crippen LogP contribution in [0.4, 0.5) is 0 Å². The Morgan fingerprint density at radius 3 is 2.61 bits per heavy atom. The summed E-state index contributed by atoms with van der Waals surface area (Å²) in [6.07, 6.45) is -0.537. The number of rotatable bonds is 5. The summed E-state index contributed by atoms with van der Waals surface area (Å²) >= 11 is 0. The van der Waals surface area contributed by atoms with Gasteiger partial charge in [0, 0.05) is 14.2 Å². The van der Waals surface area contributed by atoms with Crippen molar-refractivity contribution in [2.24, 2.45) is 0 Å². The van der Waals surface area contributed by atoms with Gasteiger partial charge in [0.1, 0.15) is 23.2 Å². The predicted octanol–water partition coefficient (Wildman–Crippen LogP) is 1.28. The van der Waals surface area contributed by atoms with Crippen LogP contribution in [0.2, 0.25) is 0 Å². The first-order chi connectivity index (χ1) is 8.36. The summed E-state index contributed by atoms with van der Waals surface area (Å²) in [7, 11) is 3.06. The number of hydrogen-bond donors (Lipinski definition) is 1. The van der Waals surface area contributed by atoms with E-state index in [-0.39, 0.29) is 18.0 Å². The van der Waals surface area contributed by atoms with E-state index in [1.807, 2.05) is 0 Å². The first-order valence-corrected chi connectivity index (χ1v) is 5.47. The van der Waals surface area contributed by atoms with Gasteiger partial charge < -0.3 is 19.2 Å². The number of carbonyl (C=O) groups excluding carboxylic acids is 1. The van der Waals surface area contributed by atoms with Gasteiger partial charge in [-0.05, 0) is 19.9 Å². The standard InChI is InChI=1S/C12H17NO5/c1-7-10(12(15)16)5-9(18-7)6-13(3)11(14)8(2)17-4/h5,8H,6H2,1-4H3,(H,15,16). The lowest BCUT2D eigenvalue weighted by atomic mass is 10.2. The van der Waals surface area contributed by atoms with Crippen molar-refractivity contribution in [1.29, 1.82) is 0 Å². The van der Waals surface area contributed by atoms with Gasteiger partial charge in [0.15, 0.2) is 0 Å². The Balaban J connectivity index is 2.76. The number of amides is 1. The second-order valence-electron chi connectivity index (χ2n) is 4.06. The number of aryl methyl sites for hydroxylation is 1. The van der Waals surface area contributed by atoms with E-state index in [4.69, 9.17) is 14.3 Å². The van der Waals surface area contributed by atoms with Crippen LogP contribution >= 0.6 is 0 Å². The molecule has 1 unspecified atom stereocenters. The van der Waals surface area contributed by atoms with Gasteiger partial charge in [-0.25, -0.2) is 4.79 Å². The minimum Gasteiger partial charge on any atom is -0.478 e. The van der Waals surface area contributed by atoms with Crippen molar-refractivity contribution in [3.8, 4) is 0 Å². The number of furan rings is 1. The van der Waals surface area contributed by atoms with Crippen LogP contribution in [0, 0.1) is 6.92 Å². The third-order valence-corrected chi connectivity index (χ3v) is 2.67. The molecule has 0 aliphatic rings. The molecule has 6 heteroatoms. The Morgan fingerprint density at radius 2 is 2.17 bits per heavy atom. The van der Waals surface area contributed by atoms with Crippen LogP contribution in [0.5, 0.6) is 0 Å². The Kier molecular flexibility index (Phi) is 4.49. The van der Waals surface area contributed by atoms with Gasteiger partial charge in [-0.3, -0.25) is 4.79 Å². The first kappa shape index (κ1) is 14.2. The van der Waals surface area contributed by atoms with Crippen LogP contribution in [-0.2, 0) is 16.1 Å². The Hall–Kier alpha value is -1.82. The summed E-state index contributed by atoms with van der Waals surface area (Å²) in [5, 5.41) is 8.89. The number of nitrogens with zero attached hydrogens (tertiary/aromatic N) is 1. The third-order valence-electron chi connectivity index (χ3n) is 2.67. The fraction of sp³-hybridized carbons (Fsp3) is 0.500. The van der Waals surface area contributed by atoms with Crippen LogP contribution in [0.15, 0.2) is 10.5 Å². The summed E-state index contributed by atoms with van der Waals surface area (Å²) in [4.78, 5) is 24.0. The van der Waals surface area contributed by atoms with Gasteiger partial charge in [-0.15, -0.1) is 0 Å². The average Bonchev–Trinajstić information content (AvgIpc) is 2.68. The monoisotopic (exact) mass is 255 g/mol. The zero-order valence-electron chi connectivity index (χ0n) is 10.9. The van der Waals surface area contributed by atoms with Crippen LogP contribution in [0.25, 0.3) is 0 Å². The van der Waals surface area contributed by atoms with Crippen LogP contribution in [0.3, 0.4) is 0 Å². The topological polar surface area (TPSA) is 80.0 Å². The van der Waals surface area contributed by atoms with Crippen molar-refractivity contribution in [1.82, 2.24) is 4.90 Å². The molecule has 18 heavy (non-hydrogen) atoms. The molecule has 0 aliphatic carbocycles. The van der Waals surface area contributed by atoms with Crippen molar-refractivity contribution >= 4 is 11.9 Å². The molecule has 0 bridgehead atoms. The van der Waals surface area contributed by atoms with E-state index in [9.17, 15) is 9.59 Å². The Bertz CT molecular complexity index is 451. The number of ether oxygens (including phenoxy) is 1. The van der Waals surface area contributed by atoms with Gasteiger partial charge in [0.05, 0.1) is 6.54 Å². The molecule has 0 fully saturated rings. The Morgan fingerprint density at radius 1 is 1.56 bits per heavy atom. The Labute approximate surface area is 105 Å². The molecular weight excluding hydrogens is 238 g/mol. The van der Waals surface area contributed by atoms with Gasteiger partial charge >= 0.3 is 5.97 Å². The highest BCUT2D eigenvalue weighted by Crippen LogP contribution is 2.16. The highest BCUT2D eigenvalue weighted by Gasteiger charge is 2.20. The molecule has 1 rings (SSSR count). The van der Waals surface area contributed by atoms with E-state index < -0.39 is 12.1 Å². The number of likely N-dealkylation sites (N-methyl/N-ethyl adjacent to an activating group) is 1. The summed E-state index contributed by atoms with van der Waals surface area (Å²) in [6.45, 7) is 3.43. The molecule has 100 valence electrons. The van der Waals surface area contributed by atoms with E-state index in [1.54, 1.807) is 20.9 Å². The molecule has 0 aliphatic heterocycles. The third kappa shape index (κ3) is 3.10. The first-order valence-electron chi connectivity index (χ1n) is 5.47. The summed E-state index contributed by atoms with van der Waals surface area (Å²) in [5.74, 6) is -0.465. The number of hydrogen-bond acceptors (Lipinski definition) is 4. The van der Waals surface area contributed by atoms with Crippen molar-refractivity contribution in [3.05, 3.63) is 23.2 Å². The SMILES string of the molecule is COC(C)C(=O)N(C)Cc1cc(C(=O)O)c(C)o1. The maximum Gasteiger partial charge on any atom is 0.339 e. The number of aromatic carboxylic acids is 1. The van der Waals surface area contributed by atoms with E-state index in [2.05, 4.69) is 0 Å². The molecule has 6 nitrogen and oxygen atoms in total. The van der Waals surface area contributed by atoms with Gasteiger partial charge in [0.25, 0.3) is 5.91 Å². The minimum atomic E-state index is -1.04. The molecule has 0 saturated heterocycles. The lowest BCUT2D eigenvalue weighted by Gasteiger charge is -2.19. The molecule has 1 N–H and O–H groups in total. The zero-order chi connectivity index (χ0) is 13.9. The molecule has 1 atom stereocenters. The van der Waals surface area contributed by atoms with Gasteiger partial charge in [0.2, 0.25) is 0 Å². The molecule has 1 heterocycles. The van der Waals surface area contributed by atoms with Crippen LogP contribution in [-0.4, -0.2) is 42.1 Å². The molecule has 1 amide bonds. The maximum absolute atomic E-state index is 11.7. The lowest BCUT2D eigenvalue weighted by Crippen LogP contribution is -2.35. The van der Waals surface area contributed by atoms with E-state index in [1.165, 1.54) is 18.1 Å². The van der Waals surface area contributed by atoms with Crippen molar-refractivity contribution < 1.29 is 23.8 Å². The lowest BCUT2D eigenvalue weighted by molar-refractivity contribution is -0.140. The van der Waals surface area contributed by atoms with Gasteiger partial charge in [-0.1, -0.05) is 0 Å². The smallest absolute Gasteiger partial charge is 0.339 e. The highest BCUT2D eigenvalue weighted by molar-refractivity contribution is 5.88. The molecule has 0 spiro atoms. The molecule has 0 radical (unpaired) electrons. The molecule has 0 saturated carbocycles. The summed E-state index contributed by atoms with van der Waals surface area (Å²) < 4.78 is 10.2. The molecule has 1 aromatic heterocycles. The molecular formula is C12H17NO5. The fourth-order valence-corrected chi connectivity index (χ4v) is 1.56. The second-order valence-corrected chi connectivity index (χ2v) is 4.06. The number of carboxylic acids is 1. The maximum atomic E-state index is 11.7. The van der Waals surface area contributed by atoms with E-state index in [0.29, 0.717) is 11.5 Å². The molecule has 0 aromatic carbocycles.